The van der Waals surface area contributed by atoms with Crippen molar-refractivity contribution in [1.82, 2.24) is 9.80 Å². The predicted octanol–water partition coefficient (Wildman–Crippen LogP) is 3.33. The van der Waals surface area contributed by atoms with Crippen molar-refractivity contribution in [1.29, 1.82) is 0 Å². The van der Waals surface area contributed by atoms with Crippen LogP contribution >= 0.6 is 23.2 Å². The molecule has 1 aliphatic heterocycles. The maximum atomic E-state index is 11.4. The van der Waals surface area contributed by atoms with E-state index in [2.05, 4.69) is 9.80 Å². The van der Waals surface area contributed by atoms with E-state index in [1.807, 2.05) is 13.1 Å². The molecule has 0 spiro atoms. The third-order valence-corrected chi connectivity index (χ3v) is 5.30. The van der Waals surface area contributed by atoms with Crippen molar-refractivity contribution >= 4 is 29.2 Å². The first-order valence-electron chi connectivity index (χ1n) is 8.57. The minimum atomic E-state index is -0.176. The molecule has 0 saturated carbocycles. The van der Waals surface area contributed by atoms with E-state index in [-0.39, 0.29) is 5.97 Å². The number of carbonyl (C=O) groups is 1. The molecular formula is C18H26Cl2N2O3. The Morgan fingerprint density at radius 2 is 2.00 bits per heavy atom. The first-order chi connectivity index (χ1) is 12.0. The third kappa shape index (κ3) is 6.66. The second-order valence-corrected chi connectivity index (χ2v) is 7.16. The molecule has 2 rings (SSSR count). The maximum Gasteiger partial charge on any atom is 0.319 e. The number of benzene rings is 1. The molecule has 0 aliphatic carbocycles. The van der Waals surface area contributed by atoms with Gasteiger partial charge in [-0.1, -0.05) is 23.2 Å². The molecule has 0 atom stereocenters. The predicted molar refractivity (Wildman–Crippen MR) is 101 cm³/mol. The molecular weight excluding hydrogens is 363 g/mol. The number of halogens is 2. The molecule has 0 unspecified atom stereocenters. The number of nitrogens with zero attached hydrogens (tertiary/aromatic N) is 2. The van der Waals surface area contributed by atoms with E-state index in [0.29, 0.717) is 29.2 Å². The number of hydrogen-bond acceptors (Lipinski definition) is 5. The van der Waals surface area contributed by atoms with Crippen molar-refractivity contribution in [3.05, 3.63) is 28.2 Å². The van der Waals surface area contributed by atoms with Crippen LogP contribution in [0.5, 0.6) is 5.75 Å². The highest BCUT2D eigenvalue weighted by molar-refractivity contribution is 6.42. The lowest BCUT2D eigenvalue weighted by molar-refractivity contribution is -0.142. The van der Waals surface area contributed by atoms with Gasteiger partial charge in [0.2, 0.25) is 0 Å². The lowest BCUT2D eigenvalue weighted by Gasteiger charge is -2.36. The summed E-state index contributed by atoms with van der Waals surface area (Å²) in [5.74, 6) is 0.571. The molecule has 1 aromatic rings. The normalized spacial score (nSPS) is 16.2. The first kappa shape index (κ1) is 20.3. The highest BCUT2D eigenvalue weighted by Gasteiger charge is 2.23. The monoisotopic (exact) mass is 388 g/mol. The second kappa shape index (κ2) is 10.2. The van der Waals surface area contributed by atoms with E-state index in [9.17, 15) is 4.79 Å². The van der Waals surface area contributed by atoms with Crippen LogP contribution in [-0.4, -0.2) is 68.8 Å². The summed E-state index contributed by atoms with van der Waals surface area (Å²) in [5, 5.41) is 1.05. The molecule has 0 N–H and O–H groups in total. The maximum absolute atomic E-state index is 11.4. The zero-order valence-electron chi connectivity index (χ0n) is 14.8. The highest BCUT2D eigenvalue weighted by Crippen LogP contribution is 2.26. The van der Waals surface area contributed by atoms with E-state index < -0.39 is 0 Å². The van der Waals surface area contributed by atoms with Crippen molar-refractivity contribution in [2.45, 2.75) is 25.3 Å². The van der Waals surface area contributed by atoms with Crippen LogP contribution in [-0.2, 0) is 9.53 Å². The molecule has 0 aromatic heterocycles. The molecule has 1 saturated heterocycles. The van der Waals surface area contributed by atoms with Gasteiger partial charge in [0.05, 0.1) is 30.3 Å². The molecule has 1 heterocycles. The van der Waals surface area contributed by atoms with E-state index in [0.717, 1.165) is 44.6 Å². The van der Waals surface area contributed by atoms with Gasteiger partial charge in [-0.2, -0.15) is 0 Å². The summed E-state index contributed by atoms with van der Waals surface area (Å²) < 4.78 is 10.4. The fourth-order valence-corrected chi connectivity index (χ4v) is 3.31. The van der Waals surface area contributed by atoms with E-state index >= 15 is 0 Å². The van der Waals surface area contributed by atoms with E-state index in [1.54, 1.807) is 12.1 Å². The SMILES string of the molecule is COC(=O)CN(C)C1CCN(CCCOc2ccc(Cl)c(Cl)c2)CC1. The summed E-state index contributed by atoms with van der Waals surface area (Å²) in [7, 11) is 3.42. The largest absolute Gasteiger partial charge is 0.493 e. The minimum Gasteiger partial charge on any atom is -0.493 e. The average Bonchev–Trinajstić information content (AvgIpc) is 2.62. The quantitative estimate of drug-likeness (QED) is 0.504. The molecule has 0 amide bonds. The molecule has 140 valence electrons. The van der Waals surface area contributed by atoms with Crippen molar-refractivity contribution < 1.29 is 14.3 Å². The zero-order valence-corrected chi connectivity index (χ0v) is 16.4. The second-order valence-electron chi connectivity index (χ2n) is 6.34. The average molecular weight is 389 g/mol. The summed E-state index contributed by atoms with van der Waals surface area (Å²) in [6.45, 7) is 4.11. The lowest BCUT2D eigenvalue weighted by Crippen LogP contribution is -2.45. The fourth-order valence-electron chi connectivity index (χ4n) is 3.03. The number of hydrogen-bond donors (Lipinski definition) is 0. The molecule has 0 radical (unpaired) electrons. The van der Waals surface area contributed by atoms with Gasteiger partial charge in [0.1, 0.15) is 5.75 Å². The highest BCUT2D eigenvalue weighted by atomic mass is 35.5. The summed E-state index contributed by atoms with van der Waals surface area (Å²) in [5.41, 5.74) is 0. The summed E-state index contributed by atoms with van der Waals surface area (Å²) >= 11 is 11.9. The van der Waals surface area contributed by atoms with Gasteiger partial charge >= 0.3 is 5.97 Å². The Morgan fingerprint density at radius 3 is 2.64 bits per heavy atom. The number of carbonyl (C=O) groups excluding carboxylic acids is 1. The Hall–Kier alpha value is -1.01. The summed E-state index contributed by atoms with van der Waals surface area (Å²) in [6.07, 6.45) is 3.10. The number of esters is 1. The van der Waals surface area contributed by atoms with Crippen LogP contribution in [0.25, 0.3) is 0 Å². The van der Waals surface area contributed by atoms with Crippen LogP contribution in [0.15, 0.2) is 18.2 Å². The van der Waals surface area contributed by atoms with Gasteiger partial charge in [-0.15, -0.1) is 0 Å². The van der Waals surface area contributed by atoms with Crippen molar-refractivity contribution in [2.75, 3.05) is 46.9 Å². The van der Waals surface area contributed by atoms with Crippen LogP contribution < -0.4 is 4.74 Å². The van der Waals surface area contributed by atoms with Crippen LogP contribution in [0.4, 0.5) is 0 Å². The smallest absolute Gasteiger partial charge is 0.319 e. The Balaban J connectivity index is 1.62. The zero-order chi connectivity index (χ0) is 18.2. The number of likely N-dealkylation sites (N-methyl/N-ethyl adjacent to an activating group) is 1. The van der Waals surface area contributed by atoms with Gasteiger partial charge in [-0.25, -0.2) is 0 Å². The Kier molecular flexibility index (Phi) is 8.30. The van der Waals surface area contributed by atoms with Crippen LogP contribution in [0.1, 0.15) is 19.3 Å². The Labute approximate surface area is 159 Å². The van der Waals surface area contributed by atoms with Gasteiger partial charge in [-0.05, 0) is 51.5 Å². The molecule has 1 fully saturated rings. The van der Waals surface area contributed by atoms with E-state index in [1.165, 1.54) is 7.11 Å². The van der Waals surface area contributed by atoms with Gasteiger partial charge < -0.3 is 14.4 Å². The van der Waals surface area contributed by atoms with Crippen LogP contribution in [0.3, 0.4) is 0 Å². The standard InChI is InChI=1S/C18H26Cl2N2O3/c1-21(13-18(23)24-2)14-6-9-22(10-7-14)8-3-11-25-15-4-5-16(19)17(20)12-15/h4-5,12,14H,3,6-11,13H2,1-2H3. The van der Waals surface area contributed by atoms with E-state index in [4.69, 9.17) is 32.7 Å². The summed E-state index contributed by atoms with van der Waals surface area (Å²) in [6, 6.07) is 5.76. The number of methoxy groups -OCH3 is 1. The Morgan fingerprint density at radius 1 is 1.28 bits per heavy atom. The molecule has 5 nitrogen and oxygen atoms in total. The Bertz CT molecular complexity index is 563. The number of rotatable bonds is 8. The minimum absolute atomic E-state index is 0.176. The molecule has 0 bridgehead atoms. The van der Waals surface area contributed by atoms with Crippen molar-refractivity contribution in [3.63, 3.8) is 0 Å². The molecule has 1 aliphatic rings. The van der Waals surface area contributed by atoms with Gasteiger partial charge in [0.25, 0.3) is 0 Å². The van der Waals surface area contributed by atoms with Crippen LogP contribution in [0.2, 0.25) is 10.0 Å². The summed E-state index contributed by atoms with van der Waals surface area (Å²) in [4.78, 5) is 15.9. The number of likely N-dealkylation sites (tertiary alicyclic amines) is 1. The first-order valence-corrected chi connectivity index (χ1v) is 9.32. The lowest BCUT2D eigenvalue weighted by atomic mass is 10.0. The third-order valence-electron chi connectivity index (χ3n) is 4.57. The van der Waals surface area contributed by atoms with Gasteiger partial charge in [0.15, 0.2) is 0 Å². The molecule has 1 aromatic carbocycles. The van der Waals surface area contributed by atoms with Gasteiger partial charge in [0, 0.05) is 18.7 Å². The number of ether oxygens (including phenoxy) is 2. The van der Waals surface area contributed by atoms with Crippen LogP contribution in [0, 0.1) is 0 Å². The topological polar surface area (TPSA) is 42.0 Å². The van der Waals surface area contributed by atoms with Crippen molar-refractivity contribution in [3.8, 4) is 5.75 Å². The molecule has 25 heavy (non-hydrogen) atoms. The fraction of sp³-hybridized carbons (Fsp3) is 0.611. The number of piperidine rings is 1. The molecule has 7 heteroatoms. The van der Waals surface area contributed by atoms with Gasteiger partial charge in [-0.3, -0.25) is 9.69 Å². The van der Waals surface area contributed by atoms with Crippen molar-refractivity contribution in [2.24, 2.45) is 0 Å².